The number of rotatable bonds is 2. The average molecular weight is 228 g/mol. The molecule has 2 unspecified atom stereocenters. The van der Waals surface area contributed by atoms with Crippen LogP contribution < -0.4 is 5.73 Å². The Morgan fingerprint density at radius 2 is 2.06 bits per heavy atom. The molecule has 1 aromatic heterocycles. The zero-order valence-corrected chi connectivity index (χ0v) is 10.8. The maximum Gasteiger partial charge on any atom is 0.0481 e. The molecule has 1 fully saturated rings. The standard InChI is InChI=1S/C15H20N2/c1-10(2)12-8-15(12,16)13-9-17(3)14-7-5-4-6-11(13)14/h4-7,9-10,12H,8,16H2,1-3H3. The second-order valence-electron chi connectivity index (χ2n) is 5.77. The summed E-state index contributed by atoms with van der Waals surface area (Å²) in [6, 6.07) is 8.54. The zero-order valence-electron chi connectivity index (χ0n) is 10.8. The molecule has 0 amide bonds. The quantitative estimate of drug-likeness (QED) is 0.841. The molecule has 3 rings (SSSR count). The SMILES string of the molecule is CC(C)C1CC1(N)c1cn(C)c2ccccc12. The number of nitrogens with zero attached hydrogens (tertiary/aromatic N) is 1. The lowest BCUT2D eigenvalue weighted by molar-refractivity contribution is 0.489. The van der Waals surface area contributed by atoms with Gasteiger partial charge in [0.25, 0.3) is 0 Å². The molecule has 0 spiro atoms. The molecular weight excluding hydrogens is 208 g/mol. The van der Waals surface area contributed by atoms with E-state index in [9.17, 15) is 0 Å². The summed E-state index contributed by atoms with van der Waals surface area (Å²) in [5.74, 6) is 1.30. The van der Waals surface area contributed by atoms with Gasteiger partial charge in [-0.1, -0.05) is 32.0 Å². The Balaban J connectivity index is 2.14. The van der Waals surface area contributed by atoms with Gasteiger partial charge in [0.05, 0.1) is 0 Å². The number of para-hydroxylation sites is 1. The van der Waals surface area contributed by atoms with Gasteiger partial charge in [-0.15, -0.1) is 0 Å². The van der Waals surface area contributed by atoms with Crippen molar-refractivity contribution < 1.29 is 0 Å². The van der Waals surface area contributed by atoms with Gasteiger partial charge in [0.2, 0.25) is 0 Å². The van der Waals surface area contributed by atoms with E-state index in [2.05, 4.69) is 55.9 Å². The Labute approximate surface area is 102 Å². The number of aromatic nitrogens is 1. The van der Waals surface area contributed by atoms with Gasteiger partial charge < -0.3 is 10.3 Å². The fourth-order valence-corrected chi connectivity index (χ4v) is 3.16. The van der Waals surface area contributed by atoms with E-state index in [4.69, 9.17) is 5.73 Å². The van der Waals surface area contributed by atoms with Crippen molar-refractivity contribution in [1.82, 2.24) is 4.57 Å². The van der Waals surface area contributed by atoms with Crippen LogP contribution in [0.4, 0.5) is 0 Å². The first-order chi connectivity index (χ1) is 8.04. The lowest BCUT2D eigenvalue weighted by Gasteiger charge is -2.12. The first kappa shape index (κ1) is 10.8. The molecule has 2 aromatic rings. The van der Waals surface area contributed by atoms with Crippen molar-refractivity contribution in [2.75, 3.05) is 0 Å². The van der Waals surface area contributed by atoms with Crippen LogP contribution in [0.1, 0.15) is 25.8 Å². The van der Waals surface area contributed by atoms with Crippen molar-refractivity contribution in [2.24, 2.45) is 24.6 Å². The first-order valence-electron chi connectivity index (χ1n) is 6.37. The summed E-state index contributed by atoms with van der Waals surface area (Å²) in [7, 11) is 2.10. The largest absolute Gasteiger partial charge is 0.350 e. The van der Waals surface area contributed by atoms with Gasteiger partial charge in [0.1, 0.15) is 0 Å². The molecule has 2 nitrogen and oxygen atoms in total. The topological polar surface area (TPSA) is 30.9 Å². The number of aryl methyl sites for hydroxylation is 1. The van der Waals surface area contributed by atoms with Crippen molar-refractivity contribution in [1.29, 1.82) is 0 Å². The molecule has 0 saturated heterocycles. The molecule has 1 heterocycles. The van der Waals surface area contributed by atoms with Gasteiger partial charge in [-0.05, 0) is 29.9 Å². The van der Waals surface area contributed by atoms with Crippen LogP contribution in [0, 0.1) is 11.8 Å². The highest BCUT2D eigenvalue weighted by molar-refractivity contribution is 5.85. The third-order valence-corrected chi connectivity index (χ3v) is 4.26. The van der Waals surface area contributed by atoms with Crippen molar-refractivity contribution >= 4 is 10.9 Å². The normalized spacial score (nSPS) is 27.9. The van der Waals surface area contributed by atoms with Crippen molar-refractivity contribution in [3.05, 3.63) is 36.0 Å². The Bertz CT molecular complexity index is 567. The molecule has 1 saturated carbocycles. The minimum atomic E-state index is -0.0883. The predicted octanol–water partition coefficient (Wildman–Crippen LogP) is 3.01. The second-order valence-corrected chi connectivity index (χ2v) is 5.77. The molecule has 2 N–H and O–H groups in total. The minimum absolute atomic E-state index is 0.0883. The van der Waals surface area contributed by atoms with E-state index in [-0.39, 0.29) is 5.54 Å². The van der Waals surface area contributed by atoms with Crippen LogP contribution in [0.15, 0.2) is 30.5 Å². The highest BCUT2D eigenvalue weighted by Crippen LogP contribution is 2.55. The second kappa shape index (κ2) is 3.36. The third kappa shape index (κ3) is 1.44. The van der Waals surface area contributed by atoms with Gasteiger partial charge >= 0.3 is 0 Å². The maximum absolute atomic E-state index is 6.58. The Morgan fingerprint density at radius 3 is 2.71 bits per heavy atom. The van der Waals surface area contributed by atoms with Crippen LogP contribution in [0.25, 0.3) is 10.9 Å². The van der Waals surface area contributed by atoms with Crippen LogP contribution in [0.5, 0.6) is 0 Å². The summed E-state index contributed by atoms with van der Waals surface area (Å²) >= 11 is 0. The summed E-state index contributed by atoms with van der Waals surface area (Å²) in [5, 5.41) is 1.32. The summed E-state index contributed by atoms with van der Waals surface area (Å²) in [6.45, 7) is 4.54. The molecule has 90 valence electrons. The number of nitrogens with two attached hydrogens (primary N) is 1. The van der Waals surface area contributed by atoms with E-state index >= 15 is 0 Å². The summed E-state index contributed by atoms with van der Waals surface area (Å²) in [5.41, 5.74) is 9.10. The van der Waals surface area contributed by atoms with Crippen LogP contribution >= 0.6 is 0 Å². The minimum Gasteiger partial charge on any atom is -0.350 e. The lowest BCUT2D eigenvalue weighted by atomic mass is 9.97. The summed E-state index contributed by atoms with van der Waals surface area (Å²) in [6.07, 6.45) is 3.34. The third-order valence-electron chi connectivity index (χ3n) is 4.26. The van der Waals surface area contributed by atoms with E-state index in [0.29, 0.717) is 11.8 Å². The first-order valence-corrected chi connectivity index (χ1v) is 6.37. The van der Waals surface area contributed by atoms with Crippen LogP contribution in [-0.4, -0.2) is 4.57 Å². The molecule has 2 atom stereocenters. The van der Waals surface area contributed by atoms with Crippen molar-refractivity contribution in [2.45, 2.75) is 25.8 Å². The van der Waals surface area contributed by atoms with Gasteiger partial charge in [0.15, 0.2) is 0 Å². The molecule has 0 radical (unpaired) electrons. The molecule has 0 bridgehead atoms. The molecule has 1 aromatic carbocycles. The molecule has 17 heavy (non-hydrogen) atoms. The van der Waals surface area contributed by atoms with Crippen molar-refractivity contribution in [3.8, 4) is 0 Å². The highest BCUT2D eigenvalue weighted by Gasteiger charge is 2.54. The fourth-order valence-electron chi connectivity index (χ4n) is 3.16. The number of hydrogen-bond donors (Lipinski definition) is 1. The smallest absolute Gasteiger partial charge is 0.0481 e. The van der Waals surface area contributed by atoms with Gasteiger partial charge in [-0.2, -0.15) is 0 Å². The van der Waals surface area contributed by atoms with Crippen LogP contribution in [0.3, 0.4) is 0 Å². The van der Waals surface area contributed by atoms with Crippen LogP contribution in [0.2, 0.25) is 0 Å². The number of hydrogen-bond acceptors (Lipinski definition) is 1. The molecular formula is C15H20N2. The van der Waals surface area contributed by atoms with Gasteiger partial charge in [-0.3, -0.25) is 0 Å². The number of benzene rings is 1. The van der Waals surface area contributed by atoms with E-state index < -0.39 is 0 Å². The Hall–Kier alpha value is -1.28. The summed E-state index contributed by atoms with van der Waals surface area (Å²) < 4.78 is 2.19. The number of fused-ring (bicyclic) bond motifs is 1. The van der Waals surface area contributed by atoms with Gasteiger partial charge in [-0.25, -0.2) is 0 Å². The maximum atomic E-state index is 6.58. The Morgan fingerprint density at radius 1 is 1.35 bits per heavy atom. The van der Waals surface area contributed by atoms with Crippen molar-refractivity contribution in [3.63, 3.8) is 0 Å². The molecule has 1 aliphatic rings. The van der Waals surface area contributed by atoms with E-state index in [1.54, 1.807) is 0 Å². The highest BCUT2D eigenvalue weighted by atomic mass is 15.0. The summed E-state index contributed by atoms with van der Waals surface area (Å²) in [4.78, 5) is 0. The molecule has 1 aliphatic carbocycles. The van der Waals surface area contributed by atoms with Crippen LogP contribution in [-0.2, 0) is 12.6 Å². The van der Waals surface area contributed by atoms with E-state index in [0.717, 1.165) is 6.42 Å². The average Bonchev–Trinajstić information content (AvgIpc) is 2.88. The predicted molar refractivity (Wildman–Crippen MR) is 71.7 cm³/mol. The fraction of sp³-hybridized carbons (Fsp3) is 0.467. The molecule has 0 aliphatic heterocycles. The Kier molecular flexibility index (Phi) is 2.14. The lowest BCUT2D eigenvalue weighted by Crippen LogP contribution is -2.23. The van der Waals surface area contributed by atoms with E-state index in [1.165, 1.54) is 16.5 Å². The molecule has 2 heteroatoms. The van der Waals surface area contributed by atoms with Gasteiger partial charge in [0, 0.05) is 29.7 Å². The zero-order chi connectivity index (χ0) is 12.2. The van der Waals surface area contributed by atoms with E-state index in [1.807, 2.05) is 0 Å². The monoisotopic (exact) mass is 228 g/mol.